The number of hydrogen-bond donors (Lipinski definition) is 1. The lowest BCUT2D eigenvalue weighted by molar-refractivity contribution is -0.121. The van der Waals surface area contributed by atoms with Crippen molar-refractivity contribution in [1.29, 1.82) is 0 Å². The molecular formula is C21H25N3O. The molecular weight excluding hydrogens is 310 g/mol. The Morgan fingerprint density at radius 3 is 2.64 bits per heavy atom. The van der Waals surface area contributed by atoms with Crippen LogP contribution in [0.5, 0.6) is 0 Å². The first-order chi connectivity index (χ1) is 12.1. The Labute approximate surface area is 148 Å². The van der Waals surface area contributed by atoms with Gasteiger partial charge in [-0.25, -0.2) is 4.98 Å². The van der Waals surface area contributed by atoms with Gasteiger partial charge in [0.15, 0.2) is 0 Å². The first-order valence-corrected chi connectivity index (χ1v) is 8.89. The van der Waals surface area contributed by atoms with Crippen LogP contribution < -0.4 is 5.32 Å². The van der Waals surface area contributed by atoms with E-state index in [4.69, 9.17) is 4.98 Å². The number of imidazole rings is 1. The molecule has 0 fully saturated rings. The van der Waals surface area contributed by atoms with E-state index in [9.17, 15) is 4.79 Å². The largest absolute Gasteiger partial charge is 0.346 e. The van der Waals surface area contributed by atoms with Gasteiger partial charge in [0, 0.05) is 13.0 Å². The third kappa shape index (κ3) is 3.73. The summed E-state index contributed by atoms with van der Waals surface area (Å²) in [6.07, 6.45) is 1.39. The third-order valence-corrected chi connectivity index (χ3v) is 4.52. The highest BCUT2D eigenvalue weighted by Gasteiger charge is 2.18. The summed E-state index contributed by atoms with van der Waals surface area (Å²) < 4.78 is 2.22. The van der Waals surface area contributed by atoms with Crippen molar-refractivity contribution in [2.75, 3.05) is 0 Å². The lowest BCUT2D eigenvalue weighted by atomic mass is 10.1. The average Bonchev–Trinajstić information content (AvgIpc) is 2.96. The number of aryl methyl sites for hydroxylation is 1. The first kappa shape index (κ1) is 17.2. The minimum atomic E-state index is -0.129. The van der Waals surface area contributed by atoms with Crippen molar-refractivity contribution in [2.45, 2.75) is 46.2 Å². The Kier molecular flexibility index (Phi) is 5.17. The molecule has 0 unspecified atom stereocenters. The molecule has 25 heavy (non-hydrogen) atoms. The molecule has 0 radical (unpaired) electrons. The van der Waals surface area contributed by atoms with Crippen LogP contribution in [0.1, 0.15) is 49.7 Å². The number of rotatable bonds is 6. The summed E-state index contributed by atoms with van der Waals surface area (Å²) in [7, 11) is 0. The van der Waals surface area contributed by atoms with Gasteiger partial charge in [-0.3, -0.25) is 4.79 Å². The van der Waals surface area contributed by atoms with E-state index in [-0.39, 0.29) is 11.9 Å². The molecule has 1 amide bonds. The van der Waals surface area contributed by atoms with Gasteiger partial charge in [0.2, 0.25) is 5.91 Å². The Bertz CT molecular complexity index is 882. The van der Waals surface area contributed by atoms with Gasteiger partial charge in [-0.05, 0) is 43.5 Å². The molecule has 3 rings (SSSR count). The maximum atomic E-state index is 12.0. The number of aromatic nitrogens is 2. The van der Waals surface area contributed by atoms with Gasteiger partial charge in [0.05, 0.1) is 17.1 Å². The molecule has 0 aliphatic carbocycles. The smallest absolute Gasteiger partial charge is 0.220 e. The topological polar surface area (TPSA) is 46.9 Å². The van der Waals surface area contributed by atoms with Crippen LogP contribution >= 0.6 is 0 Å². The number of benzene rings is 2. The number of hydrogen-bond acceptors (Lipinski definition) is 2. The second kappa shape index (κ2) is 7.51. The number of fused-ring (bicyclic) bond motifs is 1. The van der Waals surface area contributed by atoms with Crippen LogP contribution in [0.3, 0.4) is 0 Å². The standard InChI is InChI=1S/C21H25N3O/c1-4-9-20(25)22-16(3)21-23-18-12-7-8-13-19(18)24(21)14-17-11-6-5-10-15(17)2/h5-8,10-13,16H,4,9,14H2,1-3H3,(H,22,25)/t16-/m0/s1. The number of carbonyl (C=O) groups excluding carboxylic acids is 1. The molecule has 0 saturated heterocycles. The fourth-order valence-electron chi connectivity index (χ4n) is 3.15. The summed E-state index contributed by atoms with van der Waals surface area (Å²) in [5, 5.41) is 3.08. The second-order valence-electron chi connectivity index (χ2n) is 6.51. The van der Waals surface area contributed by atoms with Crippen LogP contribution in [0.15, 0.2) is 48.5 Å². The Morgan fingerprint density at radius 1 is 1.16 bits per heavy atom. The van der Waals surface area contributed by atoms with Crippen molar-refractivity contribution in [3.8, 4) is 0 Å². The zero-order valence-electron chi connectivity index (χ0n) is 15.1. The quantitative estimate of drug-likeness (QED) is 0.727. The Hall–Kier alpha value is -2.62. The molecule has 4 nitrogen and oxygen atoms in total. The van der Waals surface area contributed by atoms with Gasteiger partial charge in [-0.2, -0.15) is 0 Å². The summed E-state index contributed by atoms with van der Waals surface area (Å²) in [5.41, 5.74) is 4.58. The van der Waals surface area contributed by atoms with Gasteiger partial charge in [-0.15, -0.1) is 0 Å². The average molecular weight is 335 g/mol. The predicted molar refractivity (Wildman–Crippen MR) is 101 cm³/mol. The second-order valence-corrected chi connectivity index (χ2v) is 6.51. The molecule has 3 aromatic rings. The van der Waals surface area contributed by atoms with Gasteiger partial charge in [0.25, 0.3) is 0 Å². The minimum absolute atomic E-state index is 0.0736. The zero-order valence-corrected chi connectivity index (χ0v) is 15.1. The highest BCUT2D eigenvalue weighted by Crippen LogP contribution is 2.23. The maximum absolute atomic E-state index is 12.0. The maximum Gasteiger partial charge on any atom is 0.220 e. The lowest BCUT2D eigenvalue weighted by Gasteiger charge is -2.17. The molecule has 1 heterocycles. The van der Waals surface area contributed by atoms with E-state index in [1.807, 2.05) is 32.0 Å². The Morgan fingerprint density at radius 2 is 1.88 bits per heavy atom. The molecule has 0 saturated carbocycles. The minimum Gasteiger partial charge on any atom is -0.346 e. The zero-order chi connectivity index (χ0) is 17.8. The van der Waals surface area contributed by atoms with Crippen molar-refractivity contribution in [3.63, 3.8) is 0 Å². The van der Waals surface area contributed by atoms with Crippen LogP contribution in [0.4, 0.5) is 0 Å². The molecule has 4 heteroatoms. The van der Waals surface area contributed by atoms with E-state index in [0.717, 1.165) is 29.8 Å². The molecule has 130 valence electrons. The van der Waals surface area contributed by atoms with Crippen LogP contribution in [0, 0.1) is 6.92 Å². The monoisotopic (exact) mass is 335 g/mol. The van der Waals surface area contributed by atoms with Crippen molar-refractivity contribution in [3.05, 3.63) is 65.5 Å². The van der Waals surface area contributed by atoms with E-state index in [0.29, 0.717) is 6.42 Å². The van der Waals surface area contributed by atoms with Gasteiger partial charge in [-0.1, -0.05) is 43.3 Å². The summed E-state index contributed by atoms with van der Waals surface area (Å²) >= 11 is 0. The van der Waals surface area contributed by atoms with E-state index < -0.39 is 0 Å². The lowest BCUT2D eigenvalue weighted by Crippen LogP contribution is -2.28. The van der Waals surface area contributed by atoms with Crippen LogP contribution in [-0.2, 0) is 11.3 Å². The normalized spacial score (nSPS) is 12.3. The molecule has 0 spiro atoms. The number of nitrogens with one attached hydrogen (secondary N) is 1. The number of para-hydroxylation sites is 2. The summed E-state index contributed by atoms with van der Waals surface area (Å²) in [4.78, 5) is 16.8. The SMILES string of the molecule is CCCC(=O)N[C@@H](C)c1nc2ccccc2n1Cc1ccccc1C. The van der Waals surface area contributed by atoms with E-state index >= 15 is 0 Å². The highest BCUT2D eigenvalue weighted by atomic mass is 16.1. The van der Waals surface area contributed by atoms with Crippen molar-refractivity contribution < 1.29 is 4.79 Å². The predicted octanol–water partition coefficient (Wildman–Crippen LogP) is 4.37. The van der Waals surface area contributed by atoms with Crippen molar-refractivity contribution in [2.24, 2.45) is 0 Å². The number of nitrogens with zero attached hydrogens (tertiary/aromatic N) is 2. The Balaban J connectivity index is 2.00. The molecule has 0 aliphatic heterocycles. The first-order valence-electron chi connectivity index (χ1n) is 8.89. The summed E-state index contributed by atoms with van der Waals surface area (Å²) in [6, 6.07) is 16.4. The van der Waals surface area contributed by atoms with E-state index in [1.165, 1.54) is 11.1 Å². The van der Waals surface area contributed by atoms with Gasteiger partial charge >= 0.3 is 0 Å². The molecule has 1 aromatic heterocycles. The van der Waals surface area contributed by atoms with Gasteiger partial charge < -0.3 is 9.88 Å². The van der Waals surface area contributed by atoms with E-state index in [1.54, 1.807) is 0 Å². The van der Waals surface area contributed by atoms with Gasteiger partial charge in [0.1, 0.15) is 5.82 Å². The van der Waals surface area contributed by atoms with Crippen LogP contribution in [0.25, 0.3) is 11.0 Å². The number of amides is 1. The molecule has 1 atom stereocenters. The van der Waals surface area contributed by atoms with Crippen molar-refractivity contribution in [1.82, 2.24) is 14.9 Å². The van der Waals surface area contributed by atoms with E-state index in [2.05, 4.69) is 47.1 Å². The highest BCUT2D eigenvalue weighted by molar-refractivity contribution is 5.78. The third-order valence-electron chi connectivity index (χ3n) is 4.52. The molecule has 0 bridgehead atoms. The molecule has 1 N–H and O–H groups in total. The fraction of sp³-hybridized carbons (Fsp3) is 0.333. The van der Waals surface area contributed by atoms with Crippen LogP contribution in [-0.4, -0.2) is 15.5 Å². The fourth-order valence-corrected chi connectivity index (χ4v) is 3.15. The summed E-state index contributed by atoms with van der Waals surface area (Å²) in [6.45, 7) is 6.89. The van der Waals surface area contributed by atoms with Crippen LogP contribution in [0.2, 0.25) is 0 Å². The number of carbonyl (C=O) groups is 1. The molecule has 0 aliphatic rings. The summed E-state index contributed by atoms with van der Waals surface area (Å²) in [5.74, 6) is 0.971. The molecule has 2 aromatic carbocycles. The van der Waals surface area contributed by atoms with Crippen molar-refractivity contribution >= 4 is 16.9 Å².